The Morgan fingerprint density at radius 2 is 2.14 bits per heavy atom. The number of carbonyl (C=O) groups excluding carboxylic acids is 1. The molecule has 21 heavy (non-hydrogen) atoms. The molecule has 7 heteroatoms. The Labute approximate surface area is 123 Å². The number of amides is 2. The van der Waals surface area contributed by atoms with E-state index in [0.29, 0.717) is 18.8 Å². The van der Waals surface area contributed by atoms with Gasteiger partial charge in [-0.15, -0.1) is 0 Å². The van der Waals surface area contributed by atoms with Crippen LogP contribution >= 0.6 is 0 Å². The number of nitrogens with zero attached hydrogens (tertiary/aromatic N) is 3. The van der Waals surface area contributed by atoms with Crippen molar-refractivity contribution in [3.8, 4) is 0 Å². The average Bonchev–Trinajstić information content (AvgIpc) is 2.89. The third-order valence-corrected chi connectivity index (χ3v) is 3.09. The number of urea groups is 1. The van der Waals surface area contributed by atoms with Crippen LogP contribution in [0.2, 0.25) is 0 Å². The second-order valence-corrected chi connectivity index (χ2v) is 4.63. The Hall–Kier alpha value is -2.41. The van der Waals surface area contributed by atoms with Gasteiger partial charge in [0.05, 0.1) is 6.04 Å². The maximum atomic E-state index is 12.0. The molecule has 0 radical (unpaired) electrons. The van der Waals surface area contributed by atoms with Gasteiger partial charge >= 0.3 is 6.03 Å². The Morgan fingerprint density at radius 3 is 2.76 bits per heavy atom. The lowest BCUT2D eigenvalue weighted by Crippen LogP contribution is -2.33. The predicted octanol–water partition coefficient (Wildman–Crippen LogP) is 1.45. The van der Waals surface area contributed by atoms with Crippen molar-refractivity contribution in [3.63, 3.8) is 0 Å². The molecule has 0 aliphatic heterocycles. The van der Waals surface area contributed by atoms with E-state index >= 15 is 0 Å². The van der Waals surface area contributed by atoms with Crippen molar-refractivity contribution in [2.24, 2.45) is 7.05 Å². The highest BCUT2D eigenvalue weighted by atomic mass is 16.3. The lowest BCUT2D eigenvalue weighted by atomic mass is 10.0. The van der Waals surface area contributed by atoms with Crippen molar-refractivity contribution in [1.82, 2.24) is 20.1 Å². The molecule has 0 aliphatic rings. The van der Waals surface area contributed by atoms with Crippen LogP contribution in [0.15, 0.2) is 36.7 Å². The SMILES string of the molecule is Cn1ncnc1NC(=O)NC(CCCO)c1ccccc1. The smallest absolute Gasteiger partial charge is 0.322 e. The molecular weight excluding hydrogens is 270 g/mol. The first-order valence-electron chi connectivity index (χ1n) is 6.78. The third kappa shape index (κ3) is 4.28. The summed E-state index contributed by atoms with van der Waals surface area (Å²) in [5, 5.41) is 18.4. The van der Waals surface area contributed by atoms with Crippen LogP contribution in [0.5, 0.6) is 0 Å². The van der Waals surface area contributed by atoms with Crippen molar-refractivity contribution >= 4 is 12.0 Å². The highest BCUT2D eigenvalue weighted by Gasteiger charge is 2.15. The lowest BCUT2D eigenvalue weighted by Gasteiger charge is -2.19. The van der Waals surface area contributed by atoms with Crippen LogP contribution < -0.4 is 10.6 Å². The van der Waals surface area contributed by atoms with E-state index in [-0.39, 0.29) is 18.7 Å². The van der Waals surface area contributed by atoms with E-state index in [9.17, 15) is 4.79 Å². The van der Waals surface area contributed by atoms with Crippen LogP contribution in [0.25, 0.3) is 0 Å². The van der Waals surface area contributed by atoms with Gasteiger partial charge in [-0.25, -0.2) is 9.48 Å². The van der Waals surface area contributed by atoms with Crippen LogP contribution in [0, 0.1) is 0 Å². The molecule has 112 valence electrons. The molecule has 1 unspecified atom stereocenters. The number of benzene rings is 1. The summed E-state index contributed by atoms with van der Waals surface area (Å²) in [7, 11) is 1.70. The predicted molar refractivity (Wildman–Crippen MR) is 78.7 cm³/mol. The Morgan fingerprint density at radius 1 is 1.38 bits per heavy atom. The summed E-state index contributed by atoms with van der Waals surface area (Å²) >= 11 is 0. The quantitative estimate of drug-likeness (QED) is 0.750. The van der Waals surface area contributed by atoms with Gasteiger partial charge in [0.25, 0.3) is 0 Å². The summed E-state index contributed by atoms with van der Waals surface area (Å²) in [5.41, 5.74) is 0.999. The van der Waals surface area contributed by atoms with Gasteiger partial charge in [-0.2, -0.15) is 10.1 Å². The van der Waals surface area contributed by atoms with E-state index < -0.39 is 0 Å². The molecule has 3 N–H and O–H groups in total. The molecule has 2 rings (SSSR count). The van der Waals surface area contributed by atoms with Crippen molar-refractivity contribution in [3.05, 3.63) is 42.2 Å². The zero-order chi connectivity index (χ0) is 15.1. The van der Waals surface area contributed by atoms with Crippen LogP contribution in [0.3, 0.4) is 0 Å². The third-order valence-electron chi connectivity index (χ3n) is 3.09. The Bertz CT molecular complexity index is 570. The molecular formula is C14H19N5O2. The first-order valence-corrected chi connectivity index (χ1v) is 6.78. The van der Waals surface area contributed by atoms with Gasteiger partial charge in [0, 0.05) is 13.7 Å². The minimum absolute atomic E-state index is 0.0932. The normalized spacial score (nSPS) is 11.9. The summed E-state index contributed by atoms with van der Waals surface area (Å²) in [5.74, 6) is 0.376. The second-order valence-electron chi connectivity index (χ2n) is 4.63. The summed E-state index contributed by atoms with van der Waals surface area (Å²) in [6.45, 7) is 0.0932. The molecule has 2 amide bonds. The Balaban J connectivity index is 2.01. The van der Waals surface area contributed by atoms with Crippen molar-refractivity contribution in [1.29, 1.82) is 0 Å². The molecule has 1 aromatic carbocycles. The van der Waals surface area contributed by atoms with Gasteiger partial charge in [-0.1, -0.05) is 30.3 Å². The van der Waals surface area contributed by atoms with E-state index in [1.807, 2.05) is 30.3 Å². The number of hydrogen-bond donors (Lipinski definition) is 3. The fraction of sp³-hybridized carbons (Fsp3) is 0.357. The molecule has 0 bridgehead atoms. The fourth-order valence-electron chi connectivity index (χ4n) is 2.01. The van der Waals surface area contributed by atoms with E-state index in [1.54, 1.807) is 7.05 Å². The average molecular weight is 289 g/mol. The molecule has 7 nitrogen and oxygen atoms in total. The number of aromatic nitrogens is 3. The fourth-order valence-corrected chi connectivity index (χ4v) is 2.01. The second kappa shape index (κ2) is 7.39. The van der Waals surface area contributed by atoms with Crippen LogP contribution in [-0.2, 0) is 7.05 Å². The molecule has 1 aromatic heterocycles. The molecule has 0 saturated carbocycles. The zero-order valence-corrected chi connectivity index (χ0v) is 11.9. The minimum Gasteiger partial charge on any atom is -0.396 e. The summed E-state index contributed by atoms with van der Waals surface area (Å²) in [6, 6.07) is 9.15. The monoisotopic (exact) mass is 289 g/mol. The lowest BCUT2D eigenvalue weighted by molar-refractivity contribution is 0.243. The van der Waals surface area contributed by atoms with E-state index in [0.717, 1.165) is 5.56 Å². The largest absolute Gasteiger partial charge is 0.396 e. The van der Waals surface area contributed by atoms with Crippen molar-refractivity contribution in [2.75, 3.05) is 11.9 Å². The van der Waals surface area contributed by atoms with Gasteiger partial charge in [-0.3, -0.25) is 5.32 Å². The first-order chi connectivity index (χ1) is 10.2. The standard InChI is InChI=1S/C14H19N5O2/c1-19-13(15-10-16-19)18-14(21)17-12(8-5-9-20)11-6-3-2-4-7-11/h2-4,6-7,10,12,20H,5,8-9H2,1H3,(H2,15,16,17,18,21). The molecule has 1 heterocycles. The highest BCUT2D eigenvalue weighted by molar-refractivity contribution is 5.87. The number of aryl methyl sites for hydroxylation is 1. The van der Waals surface area contributed by atoms with Gasteiger partial charge in [0.1, 0.15) is 6.33 Å². The number of aliphatic hydroxyl groups excluding tert-OH is 1. The van der Waals surface area contributed by atoms with Gasteiger partial charge in [-0.05, 0) is 18.4 Å². The van der Waals surface area contributed by atoms with Crippen molar-refractivity contribution in [2.45, 2.75) is 18.9 Å². The molecule has 0 spiro atoms. The summed E-state index contributed by atoms with van der Waals surface area (Å²) < 4.78 is 1.48. The van der Waals surface area contributed by atoms with Crippen LogP contribution in [0.1, 0.15) is 24.4 Å². The minimum atomic E-state index is -0.349. The molecule has 0 fully saturated rings. The number of carbonyl (C=O) groups is 1. The summed E-state index contributed by atoms with van der Waals surface area (Å²) in [6.07, 6.45) is 2.65. The number of rotatable bonds is 6. The molecule has 0 saturated heterocycles. The van der Waals surface area contributed by atoms with Gasteiger partial charge < -0.3 is 10.4 Å². The van der Waals surface area contributed by atoms with Gasteiger partial charge in [0.15, 0.2) is 0 Å². The molecule has 2 aromatic rings. The molecule has 1 atom stereocenters. The summed E-state index contributed by atoms with van der Waals surface area (Å²) in [4.78, 5) is 16.0. The molecule has 0 aliphatic carbocycles. The van der Waals surface area contributed by atoms with Crippen LogP contribution in [0.4, 0.5) is 10.7 Å². The van der Waals surface area contributed by atoms with E-state index in [2.05, 4.69) is 20.7 Å². The maximum Gasteiger partial charge on any atom is 0.322 e. The van der Waals surface area contributed by atoms with E-state index in [4.69, 9.17) is 5.11 Å². The number of anilines is 1. The number of hydrogen-bond acceptors (Lipinski definition) is 4. The number of nitrogens with one attached hydrogen (secondary N) is 2. The topological polar surface area (TPSA) is 92.1 Å². The van der Waals surface area contributed by atoms with Crippen LogP contribution in [-0.4, -0.2) is 32.5 Å². The first kappa shape index (κ1) is 15.0. The highest BCUT2D eigenvalue weighted by Crippen LogP contribution is 2.18. The maximum absolute atomic E-state index is 12.0. The zero-order valence-electron chi connectivity index (χ0n) is 11.9. The van der Waals surface area contributed by atoms with E-state index in [1.165, 1.54) is 11.0 Å². The van der Waals surface area contributed by atoms with Gasteiger partial charge in [0.2, 0.25) is 5.95 Å². The number of aliphatic hydroxyl groups is 1. The van der Waals surface area contributed by atoms with Crippen molar-refractivity contribution < 1.29 is 9.90 Å². The Kier molecular flexibility index (Phi) is 5.28.